The molecule has 0 atom stereocenters. The van der Waals surface area contributed by atoms with Crippen molar-refractivity contribution in [3.63, 3.8) is 0 Å². The molecule has 0 radical (unpaired) electrons. The number of rotatable bonds is 8. The van der Waals surface area contributed by atoms with Gasteiger partial charge in [-0.3, -0.25) is 4.79 Å². The van der Waals surface area contributed by atoms with Crippen LogP contribution in [0.15, 0.2) is 28.8 Å². The molecule has 1 amide bonds. The number of anilines is 1. The number of aryl methyl sites for hydroxylation is 1. The van der Waals surface area contributed by atoms with Crippen molar-refractivity contribution in [3.8, 4) is 5.75 Å². The van der Waals surface area contributed by atoms with E-state index in [4.69, 9.17) is 9.26 Å². The average molecular weight is 357 g/mol. The predicted molar refractivity (Wildman–Crippen MR) is 99.3 cm³/mol. The van der Waals surface area contributed by atoms with Gasteiger partial charge in [0.25, 0.3) is 0 Å². The molecule has 1 aliphatic rings. The number of ether oxygens (including phenoxy) is 1. The van der Waals surface area contributed by atoms with Gasteiger partial charge in [0.15, 0.2) is 5.82 Å². The summed E-state index contributed by atoms with van der Waals surface area (Å²) in [5.74, 6) is 2.27. The highest BCUT2D eigenvalue weighted by Gasteiger charge is 2.18. The van der Waals surface area contributed by atoms with Crippen LogP contribution in [0.3, 0.4) is 0 Å². The summed E-state index contributed by atoms with van der Waals surface area (Å²) in [6.45, 7) is 4.04. The SMILES string of the molecule is CC(C)c1noc(CCCC(=O)Nc2ccccc2OC2CCCC2)n1. The molecule has 0 bridgehead atoms. The molecule has 1 saturated carbocycles. The zero-order valence-electron chi connectivity index (χ0n) is 15.5. The second-order valence-corrected chi connectivity index (χ2v) is 7.12. The number of benzene rings is 1. The lowest BCUT2D eigenvalue weighted by atomic mass is 10.2. The number of carbonyl (C=O) groups excluding carboxylic acids is 1. The number of nitrogens with zero attached hydrogens (tertiary/aromatic N) is 2. The van der Waals surface area contributed by atoms with Gasteiger partial charge in [-0.15, -0.1) is 0 Å². The Hall–Kier alpha value is -2.37. The molecule has 0 spiro atoms. The van der Waals surface area contributed by atoms with Crippen LogP contribution in [-0.4, -0.2) is 22.2 Å². The first-order valence-corrected chi connectivity index (χ1v) is 9.50. The van der Waals surface area contributed by atoms with Crippen LogP contribution in [0.2, 0.25) is 0 Å². The van der Waals surface area contributed by atoms with Crippen LogP contribution in [0.25, 0.3) is 0 Å². The van der Waals surface area contributed by atoms with Crippen LogP contribution in [0.4, 0.5) is 5.69 Å². The second-order valence-electron chi connectivity index (χ2n) is 7.12. The van der Waals surface area contributed by atoms with E-state index in [2.05, 4.69) is 15.5 Å². The quantitative estimate of drug-likeness (QED) is 0.754. The molecule has 0 unspecified atom stereocenters. The number of aromatic nitrogens is 2. The fraction of sp³-hybridized carbons (Fsp3) is 0.550. The Morgan fingerprint density at radius 2 is 2.08 bits per heavy atom. The Kier molecular flexibility index (Phi) is 6.26. The van der Waals surface area contributed by atoms with Crippen molar-refractivity contribution in [2.24, 2.45) is 0 Å². The van der Waals surface area contributed by atoms with Gasteiger partial charge in [-0.25, -0.2) is 0 Å². The summed E-state index contributed by atoms with van der Waals surface area (Å²) in [5, 5.41) is 6.90. The molecule has 0 saturated heterocycles. The van der Waals surface area contributed by atoms with Gasteiger partial charge in [0, 0.05) is 18.8 Å². The smallest absolute Gasteiger partial charge is 0.226 e. The maximum atomic E-state index is 12.3. The largest absolute Gasteiger partial charge is 0.488 e. The summed E-state index contributed by atoms with van der Waals surface area (Å²) in [6, 6.07) is 7.64. The minimum atomic E-state index is -0.0314. The number of hydrogen-bond acceptors (Lipinski definition) is 5. The normalized spacial score (nSPS) is 14.7. The predicted octanol–water partition coefficient (Wildman–Crippen LogP) is 4.48. The maximum absolute atomic E-state index is 12.3. The van der Waals surface area contributed by atoms with Crippen LogP contribution < -0.4 is 10.1 Å². The van der Waals surface area contributed by atoms with Crippen molar-refractivity contribution in [2.75, 3.05) is 5.32 Å². The summed E-state index contributed by atoms with van der Waals surface area (Å²) < 4.78 is 11.3. The highest BCUT2D eigenvalue weighted by atomic mass is 16.5. The van der Waals surface area contributed by atoms with Gasteiger partial charge in [0.1, 0.15) is 5.75 Å². The molecule has 1 heterocycles. The number of amides is 1. The van der Waals surface area contributed by atoms with Crippen molar-refractivity contribution < 1.29 is 14.1 Å². The number of hydrogen-bond donors (Lipinski definition) is 1. The van der Waals surface area contributed by atoms with Gasteiger partial charge >= 0.3 is 0 Å². The van der Waals surface area contributed by atoms with Gasteiger partial charge < -0.3 is 14.6 Å². The second kappa shape index (κ2) is 8.83. The number of para-hydroxylation sites is 2. The fourth-order valence-electron chi connectivity index (χ4n) is 3.08. The third-order valence-corrected chi connectivity index (χ3v) is 4.55. The number of carbonyl (C=O) groups is 1. The van der Waals surface area contributed by atoms with E-state index in [1.165, 1.54) is 12.8 Å². The van der Waals surface area contributed by atoms with E-state index in [0.29, 0.717) is 31.0 Å². The zero-order chi connectivity index (χ0) is 18.4. The summed E-state index contributed by atoms with van der Waals surface area (Å²) >= 11 is 0. The van der Waals surface area contributed by atoms with Crippen LogP contribution in [0, 0.1) is 0 Å². The van der Waals surface area contributed by atoms with Gasteiger partial charge in [-0.1, -0.05) is 31.1 Å². The molecular formula is C20H27N3O3. The Bertz CT molecular complexity index is 721. The van der Waals surface area contributed by atoms with Gasteiger partial charge in [-0.05, 0) is 44.2 Å². The molecular weight excluding hydrogens is 330 g/mol. The summed E-state index contributed by atoms with van der Waals surface area (Å²) in [5.41, 5.74) is 0.740. The lowest BCUT2D eigenvalue weighted by molar-refractivity contribution is -0.116. The Morgan fingerprint density at radius 3 is 2.81 bits per heavy atom. The Morgan fingerprint density at radius 1 is 1.31 bits per heavy atom. The van der Waals surface area contributed by atoms with E-state index in [1.807, 2.05) is 38.1 Å². The molecule has 26 heavy (non-hydrogen) atoms. The summed E-state index contributed by atoms with van der Waals surface area (Å²) in [6.07, 6.45) is 6.54. The van der Waals surface area contributed by atoms with E-state index in [0.717, 1.165) is 24.3 Å². The molecule has 6 heteroatoms. The van der Waals surface area contributed by atoms with Gasteiger partial charge in [0.05, 0.1) is 11.8 Å². The molecule has 1 aromatic heterocycles. The topological polar surface area (TPSA) is 77.2 Å². The molecule has 1 aromatic carbocycles. The van der Waals surface area contributed by atoms with Crippen molar-refractivity contribution in [1.82, 2.24) is 10.1 Å². The van der Waals surface area contributed by atoms with Crippen LogP contribution in [0.5, 0.6) is 5.75 Å². The van der Waals surface area contributed by atoms with E-state index < -0.39 is 0 Å². The Labute approximate surface area is 154 Å². The maximum Gasteiger partial charge on any atom is 0.226 e. The third-order valence-electron chi connectivity index (χ3n) is 4.55. The van der Waals surface area contributed by atoms with E-state index in [-0.39, 0.29) is 17.9 Å². The molecule has 6 nitrogen and oxygen atoms in total. The van der Waals surface area contributed by atoms with E-state index >= 15 is 0 Å². The molecule has 2 aromatic rings. The lowest BCUT2D eigenvalue weighted by Gasteiger charge is -2.16. The molecule has 1 N–H and O–H groups in total. The number of nitrogens with one attached hydrogen (secondary N) is 1. The highest BCUT2D eigenvalue weighted by Crippen LogP contribution is 2.29. The first-order chi connectivity index (χ1) is 12.6. The van der Waals surface area contributed by atoms with Crippen molar-refractivity contribution in [2.45, 2.75) is 70.8 Å². The fourth-order valence-corrected chi connectivity index (χ4v) is 3.08. The minimum absolute atomic E-state index is 0.0314. The van der Waals surface area contributed by atoms with Gasteiger partial charge in [-0.2, -0.15) is 4.98 Å². The molecule has 3 rings (SSSR count). The molecule has 1 fully saturated rings. The van der Waals surface area contributed by atoms with Crippen LogP contribution >= 0.6 is 0 Å². The zero-order valence-corrected chi connectivity index (χ0v) is 15.5. The lowest BCUT2D eigenvalue weighted by Crippen LogP contribution is -2.15. The highest BCUT2D eigenvalue weighted by molar-refractivity contribution is 5.92. The van der Waals surface area contributed by atoms with Gasteiger partial charge in [0.2, 0.25) is 11.8 Å². The monoisotopic (exact) mass is 357 g/mol. The Balaban J connectivity index is 1.48. The van der Waals surface area contributed by atoms with Crippen molar-refractivity contribution in [3.05, 3.63) is 36.0 Å². The van der Waals surface area contributed by atoms with E-state index in [9.17, 15) is 4.79 Å². The molecule has 0 aliphatic heterocycles. The summed E-state index contributed by atoms with van der Waals surface area (Å²) in [4.78, 5) is 16.6. The van der Waals surface area contributed by atoms with Crippen molar-refractivity contribution >= 4 is 11.6 Å². The summed E-state index contributed by atoms with van der Waals surface area (Å²) in [7, 11) is 0. The standard InChI is InChI=1S/C20H27N3O3/c1-14(2)20-22-19(26-23-20)13-7-12-18(24)21-16-10-5-6-11-17(16)25-15-8-3-4-9-15/h5-6,10-11,14-15H,3-4,7-9,12-13H2,1-2H3,(H,21,24). The first-order valence-electron chi connectivity index (χ1n) is 9.50. The van der Waals surface area contributed by atoms with E-state index in [1.54, 1.807) is 0 Å². The molecule has 140 valence electrons. The molecule has 1 aliphatic carbocycles. The van der Waals surface area contributed by atoms with Crippen LogP contribution in [-0.2, 0) is 11.2 Å². The van der Waals surface area contributed by atoms with Crippen molar-refractivity contribution in [1.29, 1.82) is 0 Å². The van der Waals surface area contributed by atoms with Crippen LogP contribution in [0.1, 0.15) is 70.0 Å². The first kappa shape index (κ1) is 18.4. The average Bonchev–Trinajstić information content (AvgIpc) is 3.28. The third kappa shape index (κ3) is 5.07. The minimum Gasteiger partial charge on any atom is -0.488 e.